The third-order valence-corrected chi connectivity index (χ3v) is 3.36. The number of halogens is 1. The number of methoxy groups -OCH3 is 1. The van der Waals surface area contributed by atoms with Crippen LogP contribution in [0, 0.1) is 5.82 Å². The normalized spacial score (nSPS) is 24.9. The van der Waals surface area contributed by atoms with Gasteiger partial charge in [-0.25, -0.2) is 4.39 Å². The Morgan fingerprint density at radius 3 is 2.76 bits per heavy atom. The minimum absolute atomic E-state index is 0.272. The van der Waals surface area contributed by atoms with E-state index in [4.69, 9.17) is 4.74 Å². The maximum absolute atomic E-state index is 13.3. The topological polar surface area (TPSA) is 24.5 Å². The molecule has 1 heterocycles. The van der Waals surface area contributed by atoms with Crippen LogP contribution in [0.3, 0.4) is 0 Å². The summed E-state index contributed by atoms with van der Waals surface area (Å²) in [7, 11) is 3.66. The van der Waals surface area contributed by atoms with Gasteiger partial charge in [0.05, 0.1) is 7.11 Å². The third-order valence-electron chi connectivity index (χ3n) is 3.36. The Morgan fingerprint density at radius 1 is 1.41 bits per heavy atom. The number of likely N-dealkylation sites (N-methyl/N-ethyl adjacent to an activating group) is 1. The number of nitrogens with one attached hydrogen (secondary N) is 1. The van der Waals surface area contributed by atoms with Gasteiger partial charge in [-0.1, -0.05) is 0 Å². The summed E-state index contributed by atoms with van der Waals surface area (Å²) < 4.78 is 18.4. The van der Waals surface area contributed by atoms with Crippen LogP contribution in [-0.2, 0) is 0 Å². The van der Waals surface area contributed by atoms with Gasteiger partial charge in [0.2, 0.25) is 0 Å². The molecule has 2 rings (SSSR count). The lowest BCUT2D eigenvalue weighted by atomic mass is 10.2. The van der Waals surface area contributed by atoms with Crippen molar-refractivity contribution in [3.05, 3.63) is 24.0 Å². The number of benzene rings is 1. The van der Waals surface area contributed by atoms with Crippen molar-refractivity contribution < 1.29 is 9.13 Å². The number of ether oxygens (including phenoxy) is 1. The molecule has 17 heavy (non-hydrogen) atoms. The molecule has 1 aliphatic heterocycles. The fraction of sp³-hybridized carbons (Fsp3) is 0.538. The highest BCUT2D eigenvalue weighted by Crippen LogP contribution is 2.23. The Morgan fingerprint density at radius 2 is 2.18 bits per heavy atom. The predicted octanol–water partition coefficient (Wildman–Crippen LogP) is 2.34. The molecule has 0 amide bonds. The van der Waals surface area contributed by atoms with Gasteiger partial charge >= 0.3 is 0 Å². The fourth-order valence-corrected chi connectivity index (χ4v) is 2.30. The molecule has 1 saturated heterocycles. The second-order valence-corrected chi connectivity index (χ2v) is 4.75. The fourth-order valence-electron chi connectivity index (χ4n) is 2.30. The Hall–Kier alpha value is -1.29. The average molecular weight is 238 g/mol. The van der Waals surface area contributed by atoms with Gasteiger partial charge in [0.25, 0.3) is 0 Å². The molecule has 1 aromatic carbocycles. The van der Waals surface area contributed by atoms with Gasteiger partial charge in [-0.3, -0.25) is 0 Å². The monoisotopic (exact) mass is 238 g/mol. The summed E-state index contributed by atoms with van der Waals surface area (Å²) >= 11 is 0. The van der Waals surface area contributed by atoms with E-state index in [9.17, 15) is 4.39 Å². The van der Waals surface area contributed by atoms with Crippen LogP contribution < -0.4 is 10.1 Å². The third kappa shape index (κ3) is 2.88. The second kappa shape index (κ2) is 4.92. The Balaban J connectivity index is 2.06. The molecule has 1 fully saturated rings. The molecule has 0 bridgehead atoms. The van der Waals surface area contributed by atoms with Crippen molar-refractivity contribution in [1.29, 1.82) is 0 Å². The molecule has 0 spiro atoms. The summed E-state index contributed by atoms with van der Waals surface area (Å²) in [6.07, 6.45) is 1.08. The predicted molar refractivity (Wildman–Crippen MR) is 67.1 cm³/mol. The Labute approximate surface area is 102 Å². The van der Waals surface area contributed by atoms with E-state index in [-0.39, 0.29) is 5.82 Å². The summed E-state index contributed by atoms with van der Waals surface area (Å²) in [5, 5.41) is 3.36. The van der Waals surface area contributed by atoms with E-state index in [0.717, 1.165) is 18.7 Å². The first-order chi connectivity index (χ1) is 8.08. The van der Waals surface area contributed by atoms with Crippen LogP contribution in [0.2, 0.25) is 0 Å². The summed E-state index contributed by atoms with van der Waals surface area (Å²) in [4.78, 5) is 2.30. The molecular weight excluding hydrogens is 219 g/mol. The van der Waals surface area contributed by atoms with E-state index in [0.29, 0.717) is 17.8 Å². The van der Waals surface area contributed by atoms with Gasteiger partial charge in [-0.15, -0.1) is 0 Å². The zero-order valence-electron chi connectivity index (χ0n) is 10.5. The first-order valence-corrected chi connectivity index (χ1v) is 5.90. The zero-order valence-corrected chi connectivity index (χ0v) is 10.5. The molecule has 1 aliphatic rings. The lowest BCUT2D eigenvalue weighted by Gasteiger charge is -2.15. The van der Waals surface area contributed by atoms with E-state index < -0.39 is 0 Å². The minimum atomic E-state index is -0.272. The summed E-state index contributed by atoms with van der Waals surface area (Å²) in [5.41, 5.74) is 0.786. The van der Waals surface area contributed by atoms with Crippen molar-refractivity contribution in [3.8, 4) is 5.75 Å². The molecule has 0 aliphatic carbocycles. The van der Waals surface area contributed by atoms with Crippen molar-refractivity contribution in [1.82, 2.24) is 4.90 Å². The molecule has 3 nitrogen and oxygen atoms in total. The van der Waals surface area contributed by atoms with E-state index >= 15 is 0 Å². The van der Waals surface area contributed by atoms with Crippen molar-refractivity contribution in [2.45, 2.75) is 25.4 Å². The highest BCUT2D eigenvalue weighted by Gasteiger charge is 2.25. The summed E-state index contributed by atoms with van der Waals surface area (Å²) in [6.45, 7) is 3.19. The Bertz CT molecular complexity index is 387. The standard InChI is InChI=1S/C13H19FN2O/c1-9-4-12(8-16(9)2)15-11-5-10(14)6-13(7-11)17-3/h5-7,9,12,15H,4,8H2,1-3H3. The molecule has 0 radical (unpaired) electrons. The molecular formula is C13H19FN2O. The lowest BCUT2D eigenvalue weighted by Crippen LogP contribution is -2.24. The maximum atomic E-state index is 13.3. The lowest BCUT2D eigenvalue weighted by molar-refractivity contribution is 0.330. The molecule has 0 aromatic heterocycles. The first-order valence-electron chi connectivity index (χ1n) is 5.90. The van der Waals surface area contributed by atoms with Crippen LogP contribution >= 0.6 is 0 Å². The van der Waals surface area contributed by atoms with Crippen LogP contribution in [0.1, 0.15) is 13.3 Å². The molecule has 1 aromatic rings. The maximum Gasteiger partial charge on any atom is 0.128 e. The highest BCUT2D eigenvalue weighted by atomic mass is 19.1. The van der Waals surface area contributed by atoms with E-state index in [1.807, 2.05) is 6.07 Å². The smallest absolute Gasteiger partial charge is 0.128 e. The second-order valence-electron chi connectivity index (χ2n) is 4.75. The largest absolute Gasteiger partial charge is 0.497 e. The van der Waals surface area contributed by atoms with Crippen LogP contribution in [0.25, 0.3) is 0 Å². The van der Waals surface area contributed by atoms with Crippen LogP contribution in [0.4, 0.5) is 10.1 Å². The molecule has 4 heteroatoms. The number of rotatable bonds is 3. The van der Waals surface area contributed by atoms with Crippen LogP contribution in [-0.4, -0.2) is 37.7 Å². The van der Waals surface area contributed by atoms with Crippen LogP contribution in [0.15, 0.2) is 18.2 Å². The average Bonchev–Trinajstić information content (AvgIpc) is 2.57. The van der Waals surface area contributed by atoms with Gasteiger partial charge in [0, 0.05) is 36.4 Å². The van der Waals surface area contributed by atoms with E-state index in [1.54, 1.807) is 7.11 Å². The number of hydrogen-bond donors (Lipinski definition) is 1. The number of nitrogens with zero attached hydrogens (tertiary/aromatic N) is 1. The van der Waals surface area contributed by atoms with Gasteiger partial charge in [-0.05, 0) is 26.5 Å². The van der Waals surface area contributed by atoms with Crippen molar-refractivity contribution in [2.24, 2.45) is 0 Å². The SMILES string of the molecule is COc1cc(F)cc(NC2CC(C)N(C)C2)c1. The molecule has 1 N–H and O–H groups in total. The van der Waals surface area contributed by atoms with Crippen molar-refractivity contribution in [3.63, 3.8) is 0 Å². The van der Waals surface area contributed by atoms with E-state index in [2.05, 4.69) is 24.2 Å². The molecule has 2 atom stereocenters. The molecule has 0 saturated carbocycles. The van der Waals surface area contributed by atoms with Gasteiger partial charge in [0.15, 0.2) is 0 Å². The van der Waals surface area contributed by atoms with Gasteiger partial charge in [-0.2, -0.15) is 0 Å². The number of likely N-dealkylation sites (tertiary alicyclic amines) is 1. The van der Waals surface area contributed by atoms with Gasteiger partial charge in [0.1, 0.15) is 11.6 Å². The van der Waals surface area contributed by atoms with Crippen LogP contribution in [0.5, 0.6) is 5.75 Å². The molecule has 2 unspecified atom stereocenters. The minimum Gasteiger partial charge on any atom is -0.497 e. The van der Waals surface area contributed by atoms with Crippen molar-refractivity contribution >= 4 is 5.69 Å². The van der Waals surface area contributed by atoms with Gasteiger partial charge < -0.3 is 15.0 Å². The quantitative estimate of drug-likeness (QED) is 0.874. The zero-order chi connectivity index (χ0) is 12.4. The number of hydrogen-bond acceptors (Lipinski definition) is 3. The first kappa shape index (κ1) is 12.2. The summed E-state index contributed by atoms with van der Waals surface area (Å²) in [6, 6.07) is 5.66. The highest BCUT2D eigenvalue weighted by molar-refractivity contribution is 5.49. The van der Waals surface area contributed by atoms with Crippen molar-refractivity contribution in [2.75, 3.05) is 26.0 Å². The summed E-state index contributed by atoms with van der Waals surface area (Å²) in [5.74, 6) is 0.276. The Kier molecular flexibility index (Phi) is 3.52. The number of anilines is 1. The molecule has 94 valence electrons. The van der Waals surface area contributed by atoms with E-state index in [1.165, 1.54) is 12.1 Å².